The molecule has 1 aliphatic heterocycles. The maximum atomic E-state index is 11.6. The van der Waals surface area contributed by atoms with E-state index in [4.69, 9.17) is 21.8 Å². The van der Waals surface area contributed by atoms with Gasteiger partial charge in [0.25, 0.3) is 0 Å². The number of piperidine rings is 1. The number of benzene rings is 1. The van der Waals surface area contributed by atoms with E-state index in [1.54, 1.807) is 25.4 Å². The number of aromatic carboxylic acids is 1. The van der Waals surface area contributed by atoms with Gasteiger partial charge in [0.2, 0.25) is 5.91 Å². The first-order valence-corrected chi connectivity index (χ1v) is 11.2. The molecule has 1 saturated heterocycles. The Balaban J connectivity index is 0.00000289. The summed E-state index contributed by atoms with van der Waals surface area (Å²) in [6, 6.07) is 6.72. The maximum Gasteiger partial charge on any atom is 0.337 e. The van der Waals surface area contributed by atoms with E-state index in [1.807, 2.05) is 21.8 Å². The Hall–Kier alpha value is -3.56. The van der Waals surface area contributed by atoms with E-state index in [2.05, 4.69) is 10.1 Å². The molecule has 0 unspecified atom stereocenters. The van der Waals surface area contributed by atoms with Gasteiger partial charge < -0.3 is 20.2 Å². The van der Waals surface area contributed by atoms with Gasteiger partial charge in [0.1, 0.15) is 5.76 Å². The molecule has 4 heterocycles. The Morgan fingerprint density at radius 1 is 1.17 bits per heavy atom. The molecule has 0 atom stereocenters. The summed E-state index contributed by atoms with van der Waals surface area (Å²) >= 11 is 6.01. The predicted molar refractivity (Wildman–Crippen MR) is 135 cm³/mol. The summed E-state index contributed by atoms with van der Waals surface area (Å²) in [5.74, 6) is -0.325. The molecule has 5 rings (SSSR count). The van der Waals surface area contributed by atoms with E-state index in [-0.39, 0.29) is 40.8 Å². The SMILES string of the molecule is CC(=O)N1CCC(n2cc(-c3cnc(N)c4oc(-c5ccc(Cl)c(C(=O)O)c5)cc34)cn2)CC1.Cl. The van der Waals surface area contributed by atoms with Crippen LogP contribution in [0.15, 0.2) is 47.3 Å². The minimum atomic E-state index is -1.12. The van der Waals surface area contributed by atoms with Crippen LogP contribution in [0.5, 0.6) is 0 Å². The van der Waals surface area contributed by atoms with Gasteiger partial charge >= 0.3 is 5.97 Å². The Bertz CT molecular complexity index is 1420. The van der Waals surface area contributed by atoms with Crippen molar-refractivity contribution in [2.75, 3.05) is 18.8 Å². The number of pyridine rings is 1. The third-order valence-electron chi connectivity index (χ3n) is 6.27. The molecule has 0 spiro atoms. The second-order valence-corrected chi connectivity index (χ2v) is 8.76. The summed E-state index contributed by atoms with van der Waals surface area (Å²) in [5, 5.41) is 14.9. The van der Waals surface area contributed by atoms with Gasteiger partial charge in [0, 0.05) is 54.5 Å². The Morgan fingerprint density at radius 2 is 1.91 bits per heavy atom. The van der Waals surface area contributed by atoms with Crippen molar-refractivity contribution < 1.29 is 19.1 Å². The van der Waals surface area contributed by atoms with Crippen molar-refractivity contribution in [2.24, 2.45) is 0 Å². The van der Waals surface area contributed by atoms with Crippen LogP contribution in [0.1, 0.15) is 36.2 Å². The number of carbonyl (C=O) groups is 2. The topological polar surface area (TPSA) is 127 Å². The number of aromatic nitrogens is 3. The largest absolute Gasteiger partial charge is 0.478 e. The third kappa shape index (κ3) is 4.56. The predicted octanol–water partition coefficient (Wildman–Crippen LogP) is 4.90. The zero-order valence-corrected chi connectivity index (χ0v) is 20.3. The molecular weight excluding hydrogens is 493 g/mol. The smallest absolute Gasteiger partial charge is 0.337 e. The van der Waals surface area contributed by atoms with Crippen LogP contribution in [0.3, 0.4) is 0 Å². The van der Waals surface area contributed by atoms with Gasteiger partial charge in [0.05, 0.1) is 22.8 Å². The van der Waals surface area contributed by atoms with Gasteiger partial charge in [0.15, 0.2) is 11.4 Å². The van der Waals surface area contributed by atoms with Crippen LogP contribution < -0.4 is 5.73 Å². The molecule has 9 nitrogen and oxygen atoms in total. The van der Waals surface area contributed by atoms with Crippen LogP contribution in [0, 0.1) is 0 Å². The average molecular weight is 516 g/mol. The fraction of sp³-hybridized carbons (Fsp3) is 0.250. The van der Waals surface area contributed by atoms with Crippen LogP contribution in [-0.2, 0) is 4.79 Å². The highest BCUT2D eigenvalue weighted by Gasteiger charge is 2.23. The quantitative estimate of drug-likeness (QED) is 0.395. The second-order valence-electron chi connectivity index (χ2n) is 8.36. The van der Waals surface area contributed by atoms with Crippen molar-refractivity contribution in [1.82, 2.24) is 19.7 Å². The highest BCUT2D eigenvalue weighted by atomic mass is 35.5. The van der Waals surface area contributed by atoms with E-state index in [1.165, 1.54) is 12.1 Å². The molecule has 1 fully saturated rings. The van der Waals surface area contributed by atoms with Crippen molar-refractivity contribution in [2.45, 2.75) is 25.8 Å². The van der Waals surface area contributed by atoms with Gasteiger partial charge in [-0.05, 0) is 37.1 Å². The van der Waals surface area contributed by atoms with Crippen molar-refractivity contribution in [3.8, 4) is 22.5 Å². The molecule has 35 heavy (non-hydrogen) atoms. The van der Waals surface area contributed by atoms with Crippen LogP contribution in [-0.4, -0.2) is 49.7 Å². The molecule has 0 radical (unpaired) electrons. The van der Waals surface area contributed by atoms with Gasteiger partial charge in [-0.1, -0.05) is 11.6 Å². The number of hydrogen-bond acceptors (Lipinski definition) is 6. The summed E-state index contributed by atoms with van der Waals surface area (Å²) < 4.78 is 7.93. The first kappa shape index (κ1) is 24.6. The normalized spacial score (nSPS) is 14.2. The monoisotopic (exact) mass is 515 g/mol. The van der Waals surface area contributed by atoms with Gasteiger partial charge in [-0.2, -0.15) is 5.10 Å². The molecule has 4 aromatic rings. The molecule has 1 aromatic carbocycles. The van der Waals surface area contributed by atoms with E-state index in [0.717, 1.165) is 29.4 Å². The maximum absolute atomic E-state index is 11.6. The van der Waals surface area contributed by atoms with E-state index < -0.39 is 5.97 Å². The summed E-state index contributed by atoms with van der Waals surface area (Å²) in [4.78, 5) is 29.2. The van der Waals surface area contributed by atoms with Gasteiger partial charge in [-0.3, -0.25) is 9.48 Å². The number of furan rings is 1. The van der Waals surface area contributed by atoms with Gasteiger partial charge in [-0.15, -0.1) is 12.4 Å². The molecule has 1 amide bonds. The first-order chi connectivity index (χ1) is 16.3. The van der Waals surface area contributed by atoms with Crippen molar-refractivity contribution in [1.29, 1.82) is 0 Å². The number of hydrogen-bond donors (Lipinski definition) is 2. The summed E-state index contributed by atoms with van der Waals surface area (Å²) in [5.41, 5.74) is 8.72. The number of carboxylic acids is 1. The molecule has 0 aliphatic carbocycles. The van der Waals surface area contributed by atoms with Crippen LogP contribution in [0.25, 0.3) is 33.4 Å². The Labute approximate surface area is 211 Å². The number of nitrogens with two attached hydrogens (primary N) is 1. The summed E-state index contributed by atoms with van der Waals surface area (Å²) in [6.45, 7) is 3.03. The number of rotatable bonds is 4. The Morgan fingerprint density at radius 3 is 2.60 bits per heavy atom. The fourth-order valence-electron chi connectivity index (χ4n) is 4.38. The average Bonchev–Trinajstić information content (AvgIpc) is 3.48. The van der Waals surface area contributed by atoms with Gasteiger partial charge in [-0.25, -0.2) is 9.78 Å². The number of carboxylic acid groups (broad SMARTS) is 1. The minimum absolute atomic E-state index is 0. The number of amides is 1. The number of nitrogen functional groups attached to an aromatic ring is 1. The number of carbonyl (C=O) groups excluding carboxylic acids is 1. The van der Waals surface area contributed by atoms with E-state index in [0.29, 0.717) is 30.0 Å². The van der Waals surface area contributed by atoms with Crippen LogP contribution in [0.2, 0.25) is 5.02 Å². The molecule has 11 heteroatoms. The Kier molecular flexibility index (Phi) is 6.73. The zero-order valence-electron chi connectivity index (χ0n) is 18.8. The molecule has 0 saturated carbocycles. The van der Waals surface area contributed by atoms with Crippen molar-refractivity contribution in [3.63, 3.8) is 0 Å². The molecule has 3 aromatic heterocycles. The van der Waals surface area contributed by atoms with Crippen molar-refractivity contribution >= 4 is 52.7 Å². The highest BCUT2D eigenvalue weighted by molar-refractivity contribution is 6.33. The number of halogens is 2. The lowest BCUT2D eigenvalue weighted by molar-refractivity contribution is -0.130. The fourth-order valence-corrected chi connectivity index (χ4v) is 4.58. The standard InChI is InChI=1S/C24H22ClN5O4.ClH/c1-13(31)29-6-4-16(5-7-29)30-12-15(10-28-30)19-11-27-23(26)22-17(19)9-21(34-22)14-2-3-20(25)18(8-14)24(32)33;/h2-3,8-12,16H,4-7H2,1H3,(H2,26,27)(H,32,33);1H. The number of fused-ring (bicyclic) bond motifs is 1. The van der Waals surface area contributed by atoms with E-state index >= 15 is 0 Å². The van der Waals surface area contributed by atoms with Crippen molar-refractivity contribution in [3.05, 3.63) is 53.4 Å². The third-order valence-corrected chi connectivity index (χ3v) is 6.59. The molecule has 182 valence electrons. The highest BCUT2D eigenvalue weighted by Crippen LogP contribution is 2.37. The summed E-state index contributed by atoms with van der Waals surface area (Å²) in [6.07, 6.45) is 7.11. The number of nitrogens with zero attached hydrogens (tertiary/aromatic N) is 4. The summed E-state index contributed by atoms with van der Waals surface area (Å²) in [7, 11) is 0. The number of anilines is 1. The molecule has 0 bridgehead atoms. The first-order valence-electron chi connectivity index (χ1n) is 10.8. The zero-order chi connectivity index (χ0) is 24.0. The lowest BCUT2D eigenvalue weighted by Gasteiger charge is -2.31. The number of likely N-dealkylation sites (tertiary alicyclic amines) is 1. The molecule has 1 aliphatic rings. The van der Waals surface area contributed by atoms with E-state index in [9.17, 15) is 14.7 Å². The lowest BCUT2D eigenvalue weighted by atomic mass is 10.0. The minimum Gasteiger partial charge on any atom is -0.478 e. The second kappa shape index (κ2) is 9.59. The molecule has 3 N–H and O–H groups in total. The van der Waals surface area contributed by atoms with Crippen LogP contribution >= 0.6 is 24.0 Å². The lowest BCUT2D eigenvalue weighted by Crippen LogP contribution is -2.37. The molecular formula is C24H23Cl2N5O4. The van der Waals surface area contributed by atoms with Crippen LogP contribution in [0.4, 0.5) is 5.82 Å².